The van der Waals surface area contributed by atoms with Gasteiger partial charge in [0.25, 0.3) is 0 Å². The number of amides is 1. The van der Waals surface area contributed by atoms with Crippen LogP contribution in [0.3, 0.4) is 0 Å². The Morgan fingerprint density at radius 2 is 2.38 bits per heavy atom. The lowest BCUT2D eigenvalue weighted by atomic mass is 10.1. The molecule has 0 bridgehead atoms. The van der Waals surface area contributed by atoms with Crippen molar-refractivity contribution in [3.63, 3.8) is 0 Å². The summed E-state index contributed by atoms with van der Waals surface area (Å²) in [6.07, 6.45) is 0.910. The first-order valence-electron chi connectivity index (χ1n) is 5.96. The molecular formula is C11H11BrN4O5. The maximum Gasteiger partial charge on any atom is 0.312 e. The lowest BCUT2D eigenvalue weighted by molar-refractivity contribution is -0.384. The minimum Gasteiger partial charge on any atom is -0.481 e. The van der Waals surface area contributed by atoms with Gasteiger partial charge in [-0.2, -0.15) is 0 Å². The Morgan fingerprint density at radius 3 is 3.00 bits per heavy atom. The molecule has 112 valence electrons. The van der Waals surface area contributed by atoms with E-state index in [1.165, 1.54) is 17.2 Å². The van der Waals surface area contributed by atoms with Crippen molar-refractivity contribution in [2.45, 2.75) is 12.5 Å². The molecule has 9 nitrogen and oxygen atoms in total. The molecule has 1 aromatic heterocycles. The highest BCUT2D eigenvalue weighted by Gasteiger charge is 2.35. The van der Waals surface area contributed by atoms with Gasteiger partial charge in [-0.15, -0.1) is 0 Å². The SMILES string of the molecule is O=C(O)CC1C(=O)NCCN1c1ncc(Br)cc1[N+](=O)[O-]. The minimum absolute atomic E-state index is 0.00991. The van der Waals surface area contributed by atoms with E-state index < -0.39 is 29.3 Å². The molecule has 2 heterocycles. The second-order valence-corrected chi connectivity index (χ2v) is 5.27. The summed E-state index contributed by atoms with van der Waals surface area (Å²) in [5, 5.41) is 22.6. The number of aliphatic carboxylic acids is 1. The lowest BCUT2D eigenvalue weighted by Crippen LogP contribution is -2.56. The fourth-order valence-corrected chi connectivity index (χ4v) is 2.43. The van der Waals surface area contributed by atoms with E-state index in [0.717, 1.165) is 0 Å². The zero-order chi connectivity index (χ0) is 15.6. The molecule has 2 rings (SSSR count). The summed E-state index contributed by atoms with van der Waals surface area (Å²) in [7, 11) is 0. The molecule has 0 saturated carbocycles. The molecule has 1 saturated heterocycles. The van der Waals surface area contributed by atoms with Gasteiger partial charge in [0.15, 0.2) is 0 Å². The molecule has 1 fully saturated rings. The number of nitrogens with zero attached hydrogens (tertiary/aromatic N) is 3. The second-order valence-electron chi connectivity index (χ2n) is 4.35. The van der Waals surface area contributed by atoms with Gasteiger partial charge in [-0.1, -0.05) is 0 Å². The maximum absolute atomic E-state index is 11.8. The van der Waals surface area contributed by atoms with E-state index in [9.17, 15) is 19.7 Å². The normalized spacial score (nSPS) is 18.2. The standard InChI is InChI=1S/C11H11BrN4O5/c12-6-3-7(16(20)21)10(14-5-6)15-2-1-13-11(19)8(15)4-9(17)18/h3,5,8H,1-2,4H2,(H,13,19)(H,17,18). The molecule has 1 amide bonds. The van der Waals surface area contributed by atoms with Crippen LogP contribution in [0.2, 0.25) is 0 Å². The van der Waals surface area contributed by atoms with Crippen LogP contribution in [0.4, 0.5) is 11.5 Å². The number of halogens is 1. The molecule has 1 unspecified atom stereocenters. The largest absolute Gasteiger partial charge is 0.481 e. The quantitative estimate of drug-likeness (QED) is 0.593. The van der Waals surface area contributed by atoms with Gasteiger partial charge in [-0.25, -0.2) is 4.98 Å². The van der Waals surface area contributed by atoms with Crippen molar-refractivity contribution in [3.05, 3.63) is 26.9 Å². The number of hydrogen-bond donors (Lipinski definition) is 2. The molecular weight excluding hydrogens is 348 g/mol. The maximum atomic E-state index is 11.8. The number of pyridine rings is 1. The van der Waals surface area contributed by atoms with Crippen molar-refractivity contribution in [2.24, 2.45) is 0 Å². The van der Waals surface area contributed by atoms with Gasteiger partial charge in [0.05, 0.1) is 11.3 Å². The molecule has 1 atom stereocenters. The number of carboxylic acids is 1. The zero-order valence-corrected chi connectivity index (χ0v) is 12.2. The Kier molecular flexibility index (Phi) is 4.36. The number of carbonyl (C=O) groups excluding carboxylic acids is 1. The van der Waals surface area contributed by atoms with Gasteiger partial charge in [-0.05, 0) is 15.9 Å². The number of nitro groups is 1. The zero-order valence-electron chi connectivity index (χ0n) is 10.7. The van der Waals surface area contributed by atoms with Crippen molar-refractivity contribution in [1.29, 1.82) is 0 Å². The molecule has 0 aromatic carbocycles. The number of piperazine rings is 1. The summed E-state index contributed by atoms with van der Waals surface area (Å²) in [5.74, 6) is -1.66. The van der Waals surface area contributed by atoms with Crippen LogP contribution in [0, 0.1) is 10.1 Å². The molecule has 21 heavy (non-hydrogen) atoms. The monoisotopic (exact) mass is 358 g/mol. The van der Waals surface area contributed by atoms with Crippen molar-refractivity contribution in [1.82, 2.24) is 10.3 Å². The Morgan fingerprint density at radius 1 is 1.67 bits per heavy atom. The first-order chi connectivity index (χ1) is 9.90. The first-order valence-corrected chi connectivity index (χ1v) is 6.75. The summed E-state index contributed by atoms with van der Waals surface area (Å²) >= 11 is 3.10. The number of anilines is 1. The van der Waals surface area contributed by atoms with Crippen LogP contribution in [-0.4, -0.2) is 46.0 Å². The highest BCUT2D eigenvalue weighted by Crippen LogP contribution is 2.31. The number of carboxylic acid groups (broad SMARTS) is 1. The minimum atomic E-state index is -1.16. The van der Waals surface area contributed by atoms with Gasteiger partial charge in [0, 0.05) is 29.8 Å². The average Bonchev–Trinajstić information content (AvgIpc) is 2.41. The highest BCUT2D eigenvalue weighted by molar-refractivity contribution is 9.10. The summed E-state index contributed by atoms with van der Waals surface area (Å²) < 4.78 is 0.425. The van der Waals surface area contributed by atoms with E-state index in [1.54, 1.807) is 0 Å². The van der Waals surface area contributed by atoms with Gasteiger partial charge < -0.3 is 15.3 Å². The molecule has 1 aliphatic heterocycles. The van der Waals surface area contributed by atoms with Crippen LogP contribution < -0.4 is 10.2 Å². The van der Waals surface area contributed by atoms with E-state index in [4.69, 9.17) is 5.11 Å². The second kappa shape index (κ2) is 6.04. The third-order valence-corrected chi connectivity index (χ3v) is 3.42. The summed E-state index contributed by atoms with van der Waals surface area (Å²) in [5.41, 5.74) is -0.283. The molecule has 0 aliphatic carbocycles. The van der Waals surface area contributed by atoms with Crippen molar-refractivity contribution in [2.75, 3.05) is 18.0 Å². The number of aromatic nitrogens is 1. The first kappa shape index (κ1) is 15.2. The molecule has 0 radical (unpaired) electrons. The van der Waals surface area contributed by atoms with Crippen molar-refractivity contribution < 1.29 is 19.6 Å². The molecule has 2 N–H and O–H groups in total. The number of rotatable bonds is 4. The Hall–Kier alpha value is -2.23. The van der Waals surface area contributed by atoms with E-state index in [1.807, 2.05) is 0 Å². The summed E-state index contributed by atoms with van der Waals surface area (Å²) in [6.45, 7) is 0.517. The Balaban J connectivity index is 2.44. The predicted molar refractivity (Wildman–Crippen MR) is 75.0 cm³/mol. The van der Waals surface area contributed by atoms with Crippen LogP contribution in [-0.2, 0) is 9.59 Å². The topological polar surface area (TPSA) is 126 Å². The van der Waals surface area contributed by atoms with E-state index in [2.05, 4.69) is 26.2 Å². The smallest absolute Gasteiger partial charge is 0.312 e. The van der Waals surface area contributed by atoms with Gasteiger partial charge >= 0.3 is 11.7 Å². The van der Waals surface area contributed by atoms with Crippen LogP contribution in [0.5, 0.6) is 0 Å². The van der Waals surface area contributed by atoms with Crippen LogP contribution in [0.25, 0.3) is 0 Å². The van der Waals surface area contributed by atoms with E-state index in [-0.39, 0.29) is 24.6 Å². The van der Waals surface area contributed by atoms with E-state index >= 15 is 0 Å². The lowest BCUT2D eigenvalue weighted by Gasteiger charge is -2.34. The van der Waals surface area contributed by atoms with Crippen molar-refractivity contribution in [3.8, 4) is 0 Å². The summed E-state index contributed by atoms with van der Waals surface area (Å²) in [6, 6.07) is 0.246. The van der Waals surface area contributed by atoms with Gasteiger partial charge in [-0.3, -0.25) is 19.7 Å². The van der Waals surface area contributed by atoms with Gasteiger partial charge in [0.1, 0.15) is 6.04 Å². The number of nitrogens with one attached hydrogen (secondary N) is 1. The molecule has 1 aliphatic rings. The van der Waals surface area contributed by atoms with Crippen LogP contribution in [0.1, 0.15) is 6.42 Å². The highest BCUT2D eigenvalue weighted by atomic mass is 79.9. The molecule has 0 spiro atoms. The molecule has 1 aromatic rings. The number of carbonyl (C=O) groups is 2. The van der Waals surface area contributed by atoms with Crippen LogP contribution in [0.15, 0.2) is 16.7 Å². The Labute approximate surface area is 127 Å². The Bertz CT molecular complexity index is 608. The third-order valence-electron chi connectivity index (χ3n) is 2.98. The van der Waals surface area contributed by atoms with Gasteiger partial charge in [0.2, 0.25) is 11.7 Å². The third kappa shape index (κ3) is 3.27. The predicted octanol–water partition coefficient (Wildman–Crippen LogP) is 0.532. The number of hydrogen-bond acceptors (Lipinski definition) is 6. The average molecular weight is 359 g/mol. The fraction of sp³-hybridized carbons (Fsp3) is 0.364. The molecule has 10 heteroatoms. The fourth-order valence-electron chi connectivity index (χ4n) is 2.11. The summed E-state index contributed by atoms with van der Waals surface area (Å²) in [4.78, 5) is 38.6. The van der Waals surface area contributed by atoms with Crippen molar-refractivity contribution >= 4 is 39.3 Å². The van der Waals surface area contributed by atoms with E-state index in [0.29, 0.717) is 4.47 Å². The van der Waals surface area contributed by atoms with Crippen LogP contribution >= 0.6 is 15.9 Å².